The van der Waals surface area contributed by atoms with Crippen molar-refractivity contribution < 1.29 is 4.79 Å². The lowest BCUT2D eigenvalue weighted by Gasteiger charge is -2.09. The van der Waals surface area contributed by atoms with Crippen molar-refractivity contribution in [3.05, 3.63) is 70.7 Å². The fourth-order valence-electron chi connectivity index (χ4n) is 2.82. The van der Waals surface area contributed by atoms with Gasteiger partial charge in [0.2, 0.25) is 0 Å². The highest BCUT2D eigenvalue weighted by molar-refractivity contribution is 7.03. The van der Waals surface area contributed by atoms with Crippen molar-refractivity contribution in [2.45, 2.75) is 13.8 Å². The first-order chi connectivity index (χ1) is 12.6. The molecular formula is C20H16N4OS. The summed E-state index contributed by atoms with van der Waals surface area (Å²) in [6, 6.07) is 15.5. The van der Waals surface area contributed by atoms with E-state index in [1.165, 1.54) is 11.5 Å². The summed E-state index contributed by atoms with van der Waals surface area (Å²) in [4.78, 5) is 17.3. The Bertz CT molecular complexity index is 1090. The van der Waals surface area contributed by atoms with Crippen LogP contribution in [0.4, 0.5) is 5.69 Å². The number of rotatable bonds is 3. The van der Waals surface area contributed by atoms with Gasteiger partial charge in [0.05, 0.1) is 16.8 Å². The van der Waals surface area contributed by atoms with Crippen LogP contribution in [-0.2, 0) is 0 Å². The molecule has 0 aliphatic rings. The van der Waals surface area contributed by atoms with Crippen molar-refractivity contribution in [2.24, 2.45) is 0 Å². The van der Waals surface area contributed by atoms with Gasteiger partial charge in [-0.3, -0.25) is 9.78 Å². The molecule has 0 atom stereocenters. The number of carbonyl (C=O) groups excluding carboxylic acids is 1. The van der Waals surface area contributed by atoms with Gasteiger partial charge in [-0.05, 0) is 55.2 Å². The number of anilines is 1. The molecule has 4 rings (SSSR count). The molecule has 0 bridgehead atoms. The van der Waals surface area contributed by atoms with E-state index in [4.69, 9.17) is 0 Å². The maximum atomic E-state index is 12.7. The molecule has 0 aliphatic carbocycles. The van der Waals surface area contributed by atoms with Gasteiger partial charge in [0, 0.05) is 22.0 Å². The number of nitrogens with zero attached hydrogens (tertiary/aromatic N) is 3. The molecular weight excluding hydrogens is 344 g/mol. The van der Waals surface area contributed by atoms with Crippen LogP contribution in [0.3, 0.4) is 0 Å². The summed E-state index contributed by atoms with van der Waals surface area (Å²) in [7, 11) is 0. The van der Waals surface area contributed by atoms with Crippen LogP contribution in [0.2, 0.25) is 0 Å². The summed E-state index contributed by atoms with van der Waals surface area (Å²) in [6.07, 6.45) is 0. The van der Waals surface area contributed by atoms with E-state index >= 15 is 0 Å². The van der Waals surface area contributed by atoms with Crippen molar-refractivity contribution in [1.29, 1.82) is 0 Å². The highest BCUT2D eigenvalue weighted by atomic mass is 32.1. The molecule has 5 nitrogen and oxygen atoms in total. The van der Waals surface area contributed by atoms with Gasteiger partial charge in [-0.25, -0.2) is 0 Å². The molecule has 4 aromatic rings. The highest BCUT2D eigenvalue weighted by Gasteiger charge is 2.12. The Hall–Kier alpha value is -3.12. The van der Waals surface area contributed by atoms with Crippen molar-refractivity contribution in [2.75, 3.05) is 5.32 Å². The fourth-order valence-corrected chi connectivity index (χ4v) is 3.28. The average Bonchev–Trinajstić information content (AvgIpc) is 3.16. The number of carbonyl (C=O) groups is 1. The number of benzene rings is 2. The molecule has 0 radical (unpaired) electrons. The normalized spacial score (nSPS) is 10.8. The van der Waals surface area contributed by atoms with Gasteiger partial charge in [-0.2, -0.15) is 0 Å². The monoisotopic (exact) mass is 360 g/mol. The smallest absolute Gasteiger partial charge is 0.257 e. The molecule has 2 heterocycles. The molecule has 1 amide bonds. The zero-order valence-corrected chi connectivity index (χ0v) is 15.2. The Kier molecular flexibility index (Phi) is 4.18. The first kappa shape index (κ1) is 16.4. The van der Waals surface area contributed by atoms with Crippen LogP contribution in [0.25, 0.3) is 22.2 Å². The number of nitrogens with one attached hydrogen (secondary N) is 1. The lowest BCUT2D eigenvalue weighted by molar-refractivity contribution is 0.102. The second-order valence-corrected chi connectivity index (χ2v) is 6.75. The maximum absolute atomic E-state index is 12.7. The van der Waals surface area contributed by atoms with E-state index in [0.29, 0.717) is 11.3 Å². The van der Waals surface area contributed by atoms with Crippen LogP contribution in [0, 0.1) is 13.8 Å². The van der Waals surface area contributed by atoms with Gasteiger partial charge in [0.25, 0.3) is 5.91 Å². The van der Waals surface area contributed by atoms with E-state index in [-0.39, 0.29) is 5.91 Å². The number of aryl methyl sites for hydroxylation is 2. The topological polar surface area (TPSA) is 67.8 Å². The first-order valence-corrected chi connectivity index (χ1v) is 9.01. The molecule has 26 heavy (non-hydrogen) atoms. The van der Waals surface area contributed by atoms with Crippen LogP contribution in [-0.4, -0.2) is 20.5 Å². The molecule has 2 aromatic heterocycles. The molecule has 0 saturated carbocycles. The second-order valence-electron chi connectivity index (χ2n) is 6.14. The van der Waals surface area contributed by atoms with Gasteiger partial charge in [0.1, 0.15) is 5.69 Å². The van der Waals surface area contributed by atoms with Crippen molar-refractivity contribution in [3.8, 4) is 11.3 Å². The van der Waals surface area contributed by atoms with Gasteiger partial charge >= 0.3 is 0 Å². The second kappa shape index (κ2) is 6.65. The minimum atomic E-state index is -0.166. The molecule has 6 heteroatoms. The van der Waals surface area contributed by atoms with Crippen LogP contribution < -0.4 is 5.32 Å². The first-order valence-electron chi connectivity index (χ1n) is 8.17. The Labute approximate surface area is 154 Å². The largest absolute Gasteiger partial charge is 0.322 e. The van der Waals surface area contributed by atoms with Crippen LogP contribution in [0.5, 0.6) is 0 Å². The molecule has 0 unspecified atom stereocenters. The molecule has 2 aromatic carbocycles. The van der Waals surface area contributed by atoms with E-state index in [9.17, 15) is 4.79 Å². The summed E-state index contributed by atoms with van der Waals surface area (Å²) in [5, 5.41) is 9.82. The minimum Gasteiger partial charge on any atom is -0.322 e. The maximum Gasteiger partial charge on any atom is 0.257 e. The number of hydrogen-bond donors (Lipinski definition) is 1. The Morgan fingerprint density at radius 3 is 2.58 bits per heavy atom. The molecule has 0 spiro atoms. The lowest BCUT2D eigenvalue weighted by atomic mass is 10.1. The van der Waals surface area contributed by atoms with Crippen molar-refractivity contribution in [3.63, 3.8) is 0 Å². The minimum absolute atomic E-state index is 0.166. The number of amides is 1. The third kappa shape index (κ3) is 3.19. The Morgan fingerprint density at radius 2 is 1.85 bits per heavy atom. The summed E-state index contributed by atoms with van der Waals surface area (Å²) in [6.45, 7) is 3.89. The summed E-state index contributed by atoms with van der Waals surface area (Å²) in [5.74, 6) is -0.166. The van der Waals surface area contributed by atoms with Crippen LogP contribution in [0.15, 0.2) is 53.9 Å². The Morgan fingerprint density at radius 1 is 1.04 bits per heavy atom. The summed E-state index contributed by atoms with van der Waals surface area (Å²) in [5.41, 5.74) is 5.87. The highest BCUT2D eigenvalue weighted by Crippen LogP contribution is 2.22. The SMILES string of the molecule is Cc1ccc2cc(C(=O)Nc3ccc(-c4csnn4)cc3)c(C)nc2c1. The third-order valence-corrected chi connectivity index (χ3v) is 4.71. The molecule has 128 valence electrons. The number of hydrogen-bond acceptors (Lipinski definition) is 5. The fraction of sp³-hybridized carbons (Fsp3) is 0.100. The predicted octanol–water partition coefficient (Wildman–Crippen LogP) is 4.62. The zero-order valence-electron chi connectivity index (χ0n) is 14.4. The quantitative estimate of drug-likeness (QED) is 0.579. The van der Waals surface area contributed by atoms with Crippen LogP contribution in [0.1, 0.15) is 21.6 Å². The van der Waals surface area contributed by atoms with Gasteiger partial charge in [0.15, 0.2) is 0 Å². The lowest BCUT2D eigenvalue weighted by Crippen LogP contribution is -2.14. The average molecular weight is 360 g/mol. The van der Waals surface area contributed by atoms with Crippen LogP contribution >= 0.6 is 11.5 Å². The number of aromatic nitrogens is 3. The Balaban J connectivity index is 1.59. The van der Waals surface area contributed by atoms with Gasteiger partial charge in [-0.1, -0.05) is 28.8 Å². The molecule has 0 aliphatic heterocycles. The molecule has 0 saturated heterocycles. The van der Waals surface area contributed by atoms with Gasteiger partial charge in [-0.15, -0.1) is 5.10 Å². The van der Waals surface area contributed by atoms with E-state index in [2.05, 4.69) is 19.9 Å². The van der Waals surface area contributed by atoms with Gasteiger partial charge < -0.3 is 5.32 Å². The molecule has 1 N–H and O–H groups in total. The molecule has 0 fully saturated rings. The van der Waals surface area contributed by atoms with E-state index in [0.717, 1.165) is 33.4 Å². The van der Waals surface area contributed by atoms with E-state index < -0.39 is 0 Å². The third-order valence-electron chi connectivity index (χ3n) is 4.21. The van der Waals surface area contributed by atoms with Crippen molar-refractivity contribution in [1.82, 2.24) is 14.6 Å². The van der Waals surface area contributed by atoms with Crippen molar-refractivity contribution >= 4 is 34.0 Å². The predicted molar refractivity (Wildman–Crippen MR) is 105 cm³/mol. The standard InChI is InChI=1S/C20H16N4OS/c1-12-3-4-15-10-17(13(2)21-18(15)9-12)20(25)22-16-7-5-14(6-8-16)19-11-26-24-23-19/h3-11H,1-2H3,(H,22,25). The number of pyridine rings is 1. The summed E-state index contributed by atoms with van der Waals surface area (Å²) < 4.78 is 3.86. The number of fused-ring (bicyclic) bond motifs is 1. The van der Waals surface area contributed by atoms with E-state index in [1.807, 2.05) is 67.8 Å². The zero-order chi connectivity index (χ0) is 18.1. The summed E-state index contributed by atoms with van der Waals surface area (Å²) >= 11 is 1.31. The van der Waals surface area contributed by atoms with E-state index in [1.54, 1.807) is 0 Å².